The Morgan fingerprint density at radius 2 is 1.78 bits per heavy atom. The molecule has 41 heavy (non-hydrogen) atoms. The summed E-state index contributed by atoms with van der Waals surface area (Å²) in [6, 6.07) is 0.554. The molecular formula is C27H36N4O9S. The first-order valence-corrected chi connectivity index (χ1v) is 15.2. The van der Waals surface area contributed by atoms with Crippen LogP contribution in [0.3, 0.4) is 0 Å². The maximum absolute atomic E-state index is 14.0. The fourth-order valence-electron chi connectivity index (χ4n) is 6.83. The van der Waals surface area contributed by atoms with Crippen LogP contribution in [0.2, 0.25) is 0 Å². The third kappa shape index (κ3) is 4.96. The molecule has 5 N–H and O–H groups in total. The van der Waals surface area contributed by atoms with Gasteiger partial charge in [0, 0.05) is 32.2 Å². The number of aryl methyl sites for hydroxylation is 1. The molecule has 1 aromatic rings. The Hall–Kier alpha value is -3.20. The molecule has 2 fully saturated rings. The Morgan fingerprint density at radius 1 is 1.15 bits per heavy atom. The minimum atomic E-state index is -3.41. The number of sulfonamides is 1. The molecule has 0 bridgehead atoms. The smallest absolute Gasteiger partial charge is 0.235 e. The predicted octanol–water partition coefficient (Wildman–Crippen LogP) is -1.59. The van der Waals surface area contributed by atoms with E-state index in [1.54, 1.807) is 25.1 Å². The molecule has 0 heterocycles. The average Bonchev–Trinajstić information content (AvgIpc) is 2.83. The number of phenolic OH excluding ortho intramolecular Hbond substituents is 1. The van der Waals surface area contributed by atoms with E-state index in [4.69, 9.17) is 5.73 Å². The van der Waals surface area contributed by atoms with E-state index in [2.05, 4.69) is 4.72 Å². The van der Waals surface area contributed by atoms with Crippen molar-refractivity contribution >= 4 is 44.8 Å². The minimum Gasteiger partial charge on any atom is -0.507 e. The van der Waals surface area contributed by atoms with E-state index >= 15 is 0 Å². The molecule has 0 aromatic heterocycles. The number of benzene rings is 1. The van der Waals surface area contributed by atoms with Crippen molar-refractivity contribution in [3.8, 4) is 5.75 Å². The number of aliphatic hydroxyl groups is 1. The molecule has 3 aliphatic carbocycles. The zero-order chi connectivity index (χ0) is 30.8. The molecule has 2 saturated carbocycles. The monoisotopic (exact) mass is 592 g/mol. The van der Waals surface area contributed by atoms with Gasteiger partial charge in [-0.15, -0.1) is 0 Å². The number of ketones is 4. The number of phenols is 1. The van der Waals surface area contributed by atoms with Crippen LogP contribution in [0, 0.1) is 23.7 Å². The molecule has 13 nitrogen and oxygen atoms in total. The fraction of sp³-hybridized carbons (Fsp3) is 0.593. The van der Waals surface area contributed by atoms with Crippen molar-refractivity contribution in [2.24, 2.45) is 29.4 Å². The van der Waals surface area contributed by atoms with Gasteiger partial charge in [-0.1, -0.05) is 0 Å². The van der Waals surface area contributed by atoms with E-state index in [1.165, 1.54) is 19.0 Å². The fourth-order valence-corrected chi connectivity index (χ4v) is 7.35. The maximum atomic E-state index is 14.0. The number of aromatic hydroxyl groups is 1. The summed E-state index contributed by atoms with van der Waals surface area (Å²) in [4.78, 5) is 69.9. The Balaban J connectivity index is 1.80. The van der Waals surface area contributed by atoms with Gasteiger partial charge in [-0.05, 0) is 62.9 Å². The van der Waals surface area contributed by atoms with Crippen molar-refractivity contribution in [3.05, 3.63) is 22.8 Å². The summed E-state index contributed by atoms with van der Waals surface area (Å²) >= 11 is 0. The van der Waals surface area contributed by atoms with E-state index < -0.39 is 74.4 Å². The van der Waals surface area contributed by atoms with Crippen LogP contribution in [-0.4, -0.2) is 105 Å². The third-order valence-electron chi connectivity index (χ3n) is 8.59. The van der Waals surface area contributed by atoms with Crippen LogP contribution in [0.5, 0.6) is 5.75 Å². The number of rotatable bonds is 8. The summed E-state index contributed by atoms with van der Waals surface area (Å²) in [6.07, 6.45) is 1.69. The summed E-state index contributed by atoms with van der Waals surface area (Å²) in [6.45, 7) is 0.104. The van der Waals surface area contributed by atoms with Crippen LogP contribution in [0.4, 0.5) is 5.69 Å². The lowest BCUT2D eigenvalue weighted by Gasteiger charge is -2.52. The van der Waals surface area contributed by atoms with Gasteiger partial charge in [0.1, 0.15) is 5.75 Å². The van der Waals surface area contributed by atoms with Crippen LogP contribution in [0.1, 0.15) is 34.3 Å². The van der Waals surface area contributed by atoms with Crippen molar-refractivity contribution < 1.29 is 42.6 Å². The second kappa shape index (κ2) is 10.6. The SMILES string of the molecule is CN(C)c1cc(CCCNS(C)(=O)=O)c(O)c2c1C[C@H]1C[C@H]3C(N(C)C)C(=O)C(C(N)=O)C(=O)[C@@]3(O)C(=O)C1C2=O. The average molecular weight is 593 g/mol. The summed E-state index contributed by atoms with van der Waals surface area (Å²) < 4.78 is 25.2. The number of hydrogen-bond acceptors (Lipinski definition) is 11. The Morgan fingerprint density at radius 3 is 2.32 bits per heavy atom. The topological polar surface area (TPSA) is 204 Å². The molecule has 224 valence electrons. The van der Waals surface area contributed by atoms with Crippen LogP contribution < -0.4 is 15.4 Å². The number of nitrogens with zero attached hydrogens (tertiary/aromatic N) is 2. The van der Waals surface area contributed by atoms with Gasteiger partial charge in [-0.3, -0.25) is 28.9 Å². The van der Waals surface area contributed by atoms with Crippen LogP contribution in [0.25, 0.3) is 0 Å². The van der Waals surface area contributed by atoms with Gasteiger partial charge in [0.2, 0.25) is 15.9 Å². The molecule has 3 unspecified atom stereocenters. The van der Waals surface area contributed by atoms with Crippen molar-refractivity contribution in [3.63, 3.8) is 0 Å². The van der Waals surface area contributed by atoms with Gasteiger partial charge in [-0.25, -0.2) is 13.1 Å². The van der Waals surface area contributed by atoms with Crippen molar-refractivity contribution in [2.45, 2.75) is 37.3 Å². The lowest BCUT2D eigenvalue weighted by atomic mass is 9.52. The lowest BCUT2D eigenvalue weighted by molar-refractivity contribution is -0.181. The number of fused-ring (bicyclic) bond motifs is 3. The van der Waals surface area contributed by atoms with Crippen LogP contribution in [-0.2, 0) is 42.0 Å². The number of primary amides is 1. The number of likely N-dealkylation sites (N-methyl/N-ethyl adjacent to an activating group) is 1. The normalized spacial score (nSPS) is 29.7. The molecule has 1 aromatic carbocycles. The second-order valence-electron chi connectivity index (χ2n) is 11.7. The summed E-state index contributed by atoms with van der Waals surface area (Å²) in [5, 5.41) is 22.9. The zero-order valence-corrected chi connectivity index (χ0v) is 24.4. The zero-order valence-electron chi connectivity index (χ0n) is 23.6. The number of nitrogens with one attached hydrogen (secondary N) is 1. The van der Waals surface area contributed by atoms with Crippen LogP contribution in [0.15, 0.2) is 6.07 Å². The van der Waals surface area contributed by atoms with E-state index in [0.717, 1.165) is 6.26 Å². The van der Waals surface area contributed by atoms with E-state index in [0.29, 0.717) is 23.2 Å². The van der Waals surface area contributed by atoms with E-state index in [9.17, 15) is 42.6 Å². The first kappa shape index (κ1) is 30.8. The molecular weight excluding hydrogens is 556 g/mol. The van der Waals surface area contributed by atoms with Crippen molar-refractivity contribution in [1.82, 2.24) is 9.62 Å². The number of carbonyl (C=O) groups excluding carboxylic acids is 5. The molecule has 6 atom stereocenters. The number of hydrogen-bond donors (Lipinski definition) is 4. The number of amides is 1. The number of Topliss-reactive ketones (excluding diaryl/α,β-unsaturated/α-hetero) is 4. The largest absolute Gasteiger partial charge is 0.507 e. The molecule has 3 aliphatic rings. The first-order chi connectivity index (χ1) is 18.9. The van der Waals surface area contributed by atoms with Crippen LogP contribution >= 0.6 is 0 Å². The van der Waals surface area contributed by atoms with Gasteiger partial charge in [-0.2, -0.15) is 0 Å². The quantitative estimate of drug-likeness (QED) is 0.200. The Bertz CT molecular complexity index is 1450. The van der Waals surface area contributed by atoms with Gasteiger partial charge >= 0.3 is 0 Å². The van der Waals surface area contributed by atoms with E-state index in [-0.39, 0.29) is 37.1 Å². The summed E-state index contributed by atoms with van der Waals surface area (Å²) in [5.41, 5.74) is 3.97. The molecule has 0 radical (unpaired) electrons. The van der Waals surface area contributed by atoms with Crippen molar-refractivity contribution in [2.75, 3.05) is 45.9 Å². The van der Waals surface area contributed by atoms with Gasteiger partial charge in [0.25, 0.3) is 0 Å². The highest BCUT2D eigenvalue weighted by molar-refractivity contribution is 7.88. The Labute approximate surface area is 238 Å². The lowest BCUT2D eigenvalue weighted by Crippen LogP contribution is -2.74. The standard InChI is InChI=1S/C27H36N4O9S/c1-30(2)16-11-12(7-6-8-29-41(5,39)40)21(32)18-14(16)9-13-10-15-20(31(3)4)23(34)19(26(28)37)25(36)27(15,38)24(35)17(13)22(18)33/h11,13,15,17,19-20,29,32,38H,6-10H2,1-5H3,(H2,28,37)/t13-,15-,17?,19?,20?,27-/m0/s1. The second-order valence-corrected chi connectivity index (χ2v) is 13.5. The van der Waals surface area contributed by atoms with Gasteiger partial charge in [0.15, 0.2) is 34.7 Å². The highest BCUT2D eigenvalue weighted by Crippen LogP contribution is 2.52. The molecule has 1 amide bonds. The molecule has 0 spiro atoms. The molecule has 4 rings (SSSR count). The van der Waals surface area contributed by atoms with Gasteiger partial charge in [0.05, 0.1) is 23.8 Å². The number of anilines is 1. The predicted molar refractivity (Wildman–Crippen MR) is 147 cm³/mol. The summed E-state index contributed by atoms with van der Waals surface area (Å²) in [7, 11) is 3.17. The minimum absolute atomic E-state index is 0.0313. The van der Waals surface area contributed by atoms with Crippen molar-refractivity contribution in [1.29, 1.82) is 0 Å². The third-order valence-corrected chi connectivity index (χ3v) is 9.31. The number of nitrogens with two attached hydrogens (primary N) is 1. The highest BCUT2D eigenvalue weighted by Gasteiger charge is 2.69. The first-order valence-electron chi connectivity index (χ1n) is 13.3. The van der Waals surface area contributed by atoms with E-state index in [1.807, 2.05) is 0 Å². The Kier molecular flexibility index (Phi) is 7.93. The maximum Gasteiger partial charge on any atom is 0.235 e. The van der Waals surface area contributed by atoms with Gasteiger partial charge < -0.3 is 20.8 Å². The number of carbonyl (C=O) groups is 5. The molecule has 0 saturated heterocycles. The molecule has 0 aliphatic heterocycles. The molecule has 14 heteroatoms. The highest BCUT2D eigenvalue weighted by atomic mass is 32.2. The summed E-state index contributed by atoms with van der Waals surface area (Å²) in [5.74, 6) is -11.0.